The number of alkyl halides is 2. The molecular weight excluding hydrogens is 211 g/mol. The molecule has 0 aliphatic rings. The normalized spacial score (nSPS) is 12.3. The Bertz CT molecular complexity index is 213. The fourth-order valence-electron chi connectivity index (χ4n) is 0.931. The molecule has 1 amide bonds. The van der Waals surface area contributed by atoms with Crippen molar-refractivity contribution in [3.8, 4) is 6.07 Å². The SMILES string of the molecule is CCCN(C(=O)C(Cl)Cl)C(C)C#N. The third-order valence-electron chi connectivity index (χ3n) is 1.59. The number of nitrogens with zero attached hydrogens (tertiary/aromatic N) is 2. The summed E-state index contributed by atoms with van der Waals surface area (Å²) in [6.45, 7) is 4.06. The van der Waals surface area contributed by atoms with Crippen molar-refractivity contribution in [1.82, 2.24) is 4.90 Å². The summed E-state index contributed by atoms with van der Waals surface area (Å²) in [5, 5.41) is 8.63. The minimum atomic E-state index is -1.08. The van der Waals surface area contributed by atoms with Crippen molar-refractivity contribution in [2.45, 2.75) is 31.1 Å². The van der Waals surface area contributed by atoms with E-state index in [0.29, 0.717) is 6.54 Å². The Kier molecular flexibility index (Phi) is 5.85. The average molecular weight is 223 g/mol. The van der Waals surface area contributed by atoms with E-state index in [1.165, 1.54) is 4.90 Å². The molecule has 3 nitrogen and oxygen atoms in total. The van der Waals surface area contributed by atoms with Gasteiger partial charge in [-0.2, -0.15) is 5.26 Å². The zero-order valence-corrected chi connectivity index (χ0v) is 9.14. The maximum atomic E-state index is 11.3. The smallest absolute Gasteiger partial charge is 0.256 e. The first-order valence-corrected chi connectivity index (χ1v) is 4.90. The van der Waals surface area contributed by atoms with Crippen LogP contribution in [0.25, 0.3) is 0 Å². The molecule has 0 aromatic heterocycles. The maximum absolute atomic E-state index is 11.3. The number of hydrogen-bond acceptors (Lipinski definition) is 2. The van der Waals surface area contributed by atoms with Gasteiger partial charge in [-0.15, -0.1) is 0 Å². The maximum Gasteiger partial charge on any atom is 0.256 e. The molecule has 1 atom stereocenters. The molecule has 1 unspecified atom stereocenters. The second-order valence-corrected chi connectivity index (χ2v) is 3.73. The van der Waals surface area contributed by atoms with Crippen LogP contribution in [0.3, 0.4) is 0 Å². The van der Waals surface area contributed by atoms with Gasteiger partial charge in [0.25, 0.3) is 5.91 Å². The van der Waals surface area contributed by atoms with Crippen LogP contribution in [0.2, 0.25) is 0 Å². The van der Waals surface area contributed by atoms with Crippen LogP contribution in [0.15, 0.2) is 0 Å². The van der Waals surface area contributed by atoms with E-state index in [1.54, 1.807) is 6.92 Å². The lowest BCUT2D eigenvalue weighted by molar-refractivity contribution is -0.130. The Morgan fingerprint density at radius 3 is 2.46 bits per heavy atom. The molecule has 0 aromatic carbocycles. The third kappa shape index (κ3) is 3.84. The fourth-order valence-corrected chi connectivity index (χ4v) is 1.18. The number of carbonyl (C=O) groups excluding carboxylic acids is 1. The first-order chi connectivity index (χ1) is 6.04. The molecule has 0 spiro atoms. The number of carbonyl (C=O) groups is 1. The Morgan fingerprint density at radius 1 is 1.62 bits per heavy atom. The highest BCUT2D eigenvalue weighted by molar-refractivity contribution is 6.53. The molecule has 5 heteroatoms. The molecule has 0 saturated carbocycles. The molecule has 0 aliphatic heterocycles. The molecule has 0 rings (SSSR count). The van der Waals surface area contributed by atoms with Crippen molar-refractivity contribution in [3.63, 3.8) is 0 Å². The lowest BCUT2D eigenvalue weighted by atomic mass is 10.3. The van der Waals surface area contributed by atoms with Gasteiger partial charge in [-0.3, -0.25) is 4.79 Å². The summed E-state index contributed by atoms with van der Waals surface area (Å²) in [5.74, 6) is -0.403. The van der Waals surface area contributed by atoms with Crippen LogP contribution in [0.5, 0.6) is 0 Å². The monoisotopic (exact) mass is 222 g/mol. The topological polar surface area (TPSA) is 44.1 Å². The van der Waals surface area contributed by atoms with Gasteiger partial charge < -0.3 is 4.90 Å². The van der Waals surface area contributed by atoms with Gasteiger partial charge in [-0.1, -0.05) is 30.1 Å². The molecule has 0 aromatic rings. The van der Waals surface area contributed by atoms with E-state index >= 15 is 0 Å². The first kappa shape index (κ1) is 12.5. The quantitative estimate of drug-likeness (QED) is 0.683. The Balaban J connectivity index is 4.43. The first-order valence-electron chi connectivity index (χ1n) is 4.02. The van der Waals surface area contributed by atoms with E-state index in [-0.39, 0.29) is 0 Å². The van der Waals surface area contributed by atoms with Crippen LogP contribution in [0, 0.1) is 11.3 Å². The van der Waals surface area contributed by atoms with Crippen LogP contribution in [-0.4, -0.2) is 28.2 Å². The van der Waals surface area contributed by atoms with Crippen LogP contribution in [0.1, 0.15) is 20.3 Å². The van der Waals surface area contributed by atoms with Crippen LogP contribution in [0.4, 0.5) is 0 Å². The Labute approximate surface area is 88.2 Å². The molecule has 74 valence electrons. The lowest BCUT2D eigenvalue weighted by Crippen LogP contribution is -2.41. The molecule has 13 heavy (non-hydrogen) atoms. The summed E-state index contributed by atoms with van der Waals surface area (Å²) >= 11 is 10.8. The minimum absolute atomic E-state index is 0.403. The van der Waals surface area contributed by atoms with Crippen molar-refractivity contribution in [1.29, 1.82) is 5.26 Å². The fraction of sp³-hybridized carbons (Fsp3) is 0.750. The van der Waals surface area contributed by atoms with Crippen molar-refractivity contribution in [3.05, 3.63) is 0 Å². The van der Waals surface area contributed by atoms with E-state index in [2.05, 4.69) is 0 Å². The highest BCUT2D eigenvalue weighted by Crippen LogP contribution is 2.10. The summed E-state index contributed by atoms with van der Waals surface area (Å²) in [6.07, 6.45) is 0.776. The summed E-state index contributed by atoms with van der Waals surface area (Å²) < 4.78 is 0. The van der Waals surface area contributed by atoms with Crippen LogP contribution in [-0.2, 0) is 4.79 Å². The van der Waals surface area contributed by atoms with E-state index in [9.17, 15) is 4.79 Å². The largest absolute Gasteiger partial charge is 0.325 e. The van der Waals surface area contributed by atoms with Crippen molar-refractivity contribution < 1.29 is 4.79 Å². The lowest BCUT2D eigenvalue weighted by Gasteiger charge is -2.24. The number of amides is 1. The van der Waals surface area contributed by atoms with E-state index in [4.69, 9.17) is 28.5 Å². The molecule has 0 radical (unpaired) electrons. The number of rotatable bonds is 4. The Hall–Kier alpha value is -0.460. The van der Waals surface area contributed by atoms with Gasteiger partial charge in [0.1, 0.15) is 6.04 Å². The molecule has 0 fully saturated rings. The van der Waals surface area contributed by atoms with Gasteiger partial charge in [-0.25, -0.2) is 0 Å². The molecule has 0 saturated heterocycles. The van der Waals surface area contributed by atoms with Crippen molar-refractivity contribution in [2.24, 2.45) is 0 Å². The molecule has 0 aliphatic carbocycles. The predicted octanol–water partition coefficient (Wildman–Crippen LogP) is 1.94. The number of nitriles is 1. The number of hydrogen-bond donors (Lipinski definition) is 0. The summed E-state index contributed by atoms with van der Waals surface area (Å²) in [4.78, 5) is 11.6. The second kappa shape index (κ2) is 6.06. The van der Waals surface area contributed by atoms with Gasteiger partial charge in [0, 0.05) is 6.54 Å². The summed E-state index contributed by atoms with van der Waals surface area (Å²) in [6, 6.07) is 1.49. The van der Waals surface area contributed by atoms with E-state index in [0.717, 1.165) is 6.42 Å². The van der Waals surface area contributed by atoms with Crippen LogP contribution < -0.4 is 0 Å². The van der Waals surface area contributed by atoms with Gasteiger partial charge in [0.05, 0.1) is 6.07 Å². The van der Waals surface area contributed by atoms with E-state index < -0.39 is 16.8 Å². The predicted molar refractivity (Wildman–Crippen MR) is 52.6 cm³/mol. The third-order valence-corrected chi connectivity index (χ3v) is 1.96. The standard InChI is InChI=1S/C8H12Cl2N2O/c1-3-4-12(6(2)5-11)8(13)7(9)10/h6-7H,3-4H2,1-2H3. The molecular formula is C8H12Cl2N2O. The van der Waals surface area contributed by atoms with Crippen molar-refractivity contribution >= 4 is 29.1 Å². The van der Waals surface area contributed by atoms with Gasteiger partial charge in [0.2, 0.25) is 0 Å². The van der Waals surface area contributed by atoms with Crippen LogP contribution >= 0.6 is 23.2 Å². The molecule has 0 heterocycles. The highest BCUT2D eigenvalue weighted by Gasteiger charge is 2.23. The van der Waals surface area contributed by atoms with E-state index in [1.807, 2.05) is 13.0 Å². The van der Waals surface area contributed by atoms with Gasteiger partial charge in [0.15, 0.2) is 4.84 Å². The molecule has 0 bridgehead atoms. The number of halogens is 2. The molecule has 0 N–H and O–H groups in total. The highest BCUT2D eigenvalue weighted by atomic mass is 35.5. The van der Waals surface area contributed by atoms with Gasteiger partial charge >= 0.3 is 0 Å². The van der Waals surface area contributed by atoms with Gasteiger partial charge in [-0.05, 0) is 13.3 Å². The minimum Gasteiger partial charge on any atom is -0.325 e. The van der Waals surface area contributed by atoms with Crippen molar-refractivity contribution in [2.75, 3.05) is 6.54 Å². The second-order valence-electron chi connectivity index (χ2n) is 2.64. The zero-order valence-electron chi connectivity index (χ0n) is 7.63. The average Bonchev–Trinajstić information content (AvgIpc) is 2.11. The summed E-state index contributed by atoms with van der Waals surface area (Å²) in [7, 11) is 0. The summed E-state index contributed by atoms with van der Waals surface area (Å²) in [5.41, 5.74) is 0. The Morgan fingerprint density at radius 2 is 2.15 bits per heavy atom. The zero-order chi connectivity index (χ0) is 10.4.